The smallest absolute Gasteiger partial charge is 0.164 e. The van der Waals surface area contributed by atoms with E-state index in [1.165, 1.54) is 0 Å². The van der Waals surface area contributed by atoms with Crippen LogP contribution in [-0.2, 0) is 17.8 Å². The minimum Gasteiger partial charge on any atom is -0.496 e. The molecule has 0 unspecified atom stereocenters. The Balaban J connectivity index is 2.13. The molecule has 0 radical (unpaired) electrons. The lowest BCUT2D eigenvalue weighted by Gasteiger charge is -2.17. The van der Waals surface area contributed by atoms with Crippen molar-refractivity contribution < 1.29 is 9.47 Å². The molecule has 1 aliphatic heterocycles. The molecular formula is C15H15ClN2O2. The van der Waals surface area contributed by atoms with Crippen molar-refractivity contribution >= 4 is 11.6 Å². The maximum atomic E-state index is 6.25. The topological polar surface area (TPSA) is 44.2 Å². The van der Waals surface area contributed by atoms with Crippen LogP contribution in [0.4, 0.5) is 0 Å². The van der Waals surface area contributed by atoms with Crippen molar-refractivity contribution in [2.24, 2.45) is 0 Å². The van der Waals surface area contributed by atoms with E-state index in [2.05, 4.69) is 9.97 Å². The first-order valence-electron chi connectivity index (χ1n) is 6.47. The third-order valence-corrected chi connectivity index (χ3v) is 3.68. The van der Waals surface area contributed by atoms with E-state index in [0.717, 1.165) is 34.6 Å². The van der Waals surface area contributed by atoms with E-state index >= 15 is 0 Å². The number of fused-ring (bicyclic) bond motifs is 1. The third kappa shape index (κ3) is 2.37. The molecule has 104 valence electrons. The Kier molecular flexibility index (Phi) is 3.59. The van der Waals surface area contributed by atoms with E-state index in [1.807, 2.05) is 25.1 Å². The molecule has 1 aliphatic rings. The lowest BCUT2D eigenvalue weighted by Crippen LogP contribution is -2.14. The molecule has 2 heterocycles. The van der Waals surface area contributed by atoms with Crippen LogP contribution in [0.15, 0.2) is 18.2 Å². The summed E-state index contributed by atoms with van der Waals surface area (Å²) in [4.78, 5) is 9.02. The van der Waals surface area contributed by atoms with Crippen LogP contribution in [0, 0.1) is 6.92 Å². The van der Waals surface area contributed by atoms with E-state index in [0.29, 0.717) is 24.2 Å². The van der Waals surface area contributed by atoms with Gasteiger partial charge in [0.2, 0.25) is 0 Å². The Labute approximate surface area is 122 Å². The molecule has 4 nitrogen and oxygen atoms in total. The molecule has 0 spiro atoms. The van der Waals surface area contributed by atoms with Crippen LogP contribution < -0.4 is 4.74 Å². The fraction of sp³-hybridized carbons (Fsp3) is 0.333. The number of aryl methyl sites for hydroxylation is 1. The summed E-state index contributed by atoms with van der Waals surface area (Å²) in [6, 6.07) is 5.94. The second-order valence-corrected chi connectivity index (χ2v) is 5.13. The van der Waals surface area contributed by atoms with Gasteiger partial charge in [-0.2, -0.15) is 0 Å². The van der Waals surface area contributed by atoms with E-state index < -0.39 is 0 Å². The normalized spacial score (nSPS) is 13.9. The zero-order chi connectivity index (χ0) is 14.1. The molecule has 20 heavy (non-hydrogen) atoms. The Bertz CT molecular complexity index is 659. The molecule has 0 saturated carbocycles. The predicted octanol–water partition coefficient (Wildman–Crippen LogP) is 3.19. The monoisotopic (exact) mass is 290 g/mol. The van der Waals surface area contributed by atoms with Crippen LogP contribution in [0.25, 0.3) is 11.4 Å². The molecule has 1 aromatic heterocycles. The molecule has 0 amide bonds. The number of aromatic nitrogens is 2. The third-order valence-electron chi connectivity index (χ3n) is 3.37. The van der Waals surface area contributed by atoms with E-state index in [-0.39, 0.29) is 0 Å². The highest BCUT2D eigenvalue weighted by Gasteiger charge is 2.19. The average molecular weight is 291 g/mol. The Hall–Kier alpha value is -1.65. The number of hydrogen-bond donors (Lipinski definition) is 0. The number of halogens is 1. The maximum Gasteiger partial charge on any atom is 0.164 e. The molecule has 0 atom stereocenters. The molecule has 0 fully saturated rings. The lowest BCUT2D eigenvalue weighted by molar-refractivity contribution is 0.109. The maximum absolute atomic E-state index is 6.25. The minimum absolute atomic E-state index is 0.465. The SMILES string of the molecule is COc1cc(C)ccc1-c1nc(Cl)c2c(n1)CCOC2. The average Bonchev–Trinajstić information content (AvgIpc) is 2.47. The Morgan fingerprint density at radius 3 is 2.95 bits per heavy atom. The van der Waals surface area contributed by atoms with E-state index in [9.17, 15) is 0 Å². The lowest BCUT2D eigenvalue weighted by atomic mass is 10.1. The highest BCUT2D eigenvalue weighted by molar-refractivity contribution is 6.30. The minimum atomic E-state index is 0.465. The van der Waals surface area contributed by atoms with Gasteiger partial charge in [-0.25, -0.2) is 9.97 Å². The van der Waals surface area contributed by atoms with Crippen molar-refractivity contribution in [1.82, 2.24) is 9.97 Å². The highest BCUT2D eigenvalue weighted by Crippen LogP contribution is 2.31. The fourth-order valence-corrected chi connectivity index (χ4v) is 2.54. The summed E-state index contributed by atoms with van der Waals surface area (Å²) in [7, 11) is 1.64. The summed E-state index contributed by atoms with van der Waals surface area (Å²) < 4.78 is 10.8. The summed E-state index contributed by atoms with van der Waals surface area (Å²) in [5.74, 6) is 1.36. The summed E-state index contributed by atoms with van der Waals surface area (Å²) in [6.45, 7) is 3.18. The van der Waals surface area contributed by atoms with E-state index in [1.54, 1.807) is 7.11 Å². The molecule has 2 aromatic rings. The van der Waals surface area contributed by atoms with Gasteiger partial charge in [-0.3, -0.25) is 0 Å². The molecule has 0 bridgehead atoms. The van der Waals surface area contributed by atoms with Gasteiger partial charge in [-0.1, -0.05) is 17.7 Å². The molecule has 0 saturated heterocycles. The van der Waals surface area contributed by atoms with Crippen LogP contribution in [0.1, 0.15) is 16.8 Å². The van der Waals surface area contributed by atoms with E-state index in [4.69, 9.17) is 21.1 Å². The number of methoxy groups -OCH3 is 1. The van der Waals surface area contributed by atoms with Crippen LogP contribution in [0.3, 0.4) is 0 Å². The van der Waals surface area contributed by atoms with Crippen LogP contribution in [-0.4, -0.2) is 23.7 Å². The summed E-state index contributed by atoms with van der Waals surface area (Å²) in [5, 5.41) is 0.465. The van der Waals surface area contributed by atoms with Gasteiger partial charge in [0, 0.05) is 12.0 Å². The van der Waals surface area contributed by atoms with Gasteiger partial charge in [0.25, 0.3) is 0 Å². The Morgan fingerprint density at radius 1 is 1.30 bits per heavy atom. The van der Waals surface area contributed by atoms with Crippen molar-refractivity contribution in [3.05, 3.63) is 40.2 Å². The Morgan fingerprint density at radius 2 is 2.15 bits per heavy atom. The van der Waals surface area contributed by atoms with Crippen molar-refractivity contribution in [3.63, 3.8) is 0 Å². The van der Waals surface area contributed by atoms with Gasteiger partial charge in [0.05, 0.1) is 31.6 Å². The molecule has 5 heteroatoms. The second kappa shape index (κ2) is 5.38. The van der Waals surface area contributed by atoms with Crippen molar-refractivity contribution in [3.8, 4) is 17.1 Å². The summed E-state index contributed by atoms with van der Waals surface area (Å²) >= 11 is 6.25. The predicted molar refractivity (Wildman–Crippen MR) is 77.1 cm³/mol. The first kappa shape index (κ1) is 13.3. The zero-order valence-corrected chi connectivity index (χ0v) is 12.2. The van der Waals surface area contributed by atoms with Crippen LogP contribution in [0.2, 0.25) is 5.15 Å². The standard InChI is InChI=1S/C15H15ClN2O2/c1-9-3-4-10(13(7-9)19-2)15-17-12-5-6-20-8-11(12)14(16)18-15/h3-4,7H,5-6,8H2,1-2H3. The molecular weight excluding hydrogens is 276 g/mol. The molecule has 0 aliphatic carbocycles. The fourth-order valence-electron chi connectivity index (χ4n) is 2.30. The molecule has 3 rings (SSSR count). The number of ether oxygens (including phenoxy) is 2. The van der Waals surface area contributed by atoms with Gasteiger partial charge < -0.3 is 9.47 Å². The highest BCUT2D eigenvalue weighted by atomic mass is 35.5. The molecule has 1 aromatic carbocycles. The van der Waals surface area contributed by atoms with Gasteiger partial charge in [0.15, 0.2) is 5.82 Å². The quantitative estimate of drug-likeness (QED) is 0.797. The van der Waals surface area contributed by atoms with Crippen molar-refractivity contribution in [2.45, 2.75) is 20.0 Å². The first-order chi connectivity index (χ1) is 9.69. The number of hydrogen-bond acceptors (Lipinski definition) is 4. The van der Waals surface area contributed by atoms with Gasteiger partial charge in [-0.15, -0.1) is 0 Å². The van der Waals surface area contributed by atoms with Gasteiger partial charge in [-0.05, 0) is 24.6 Å². The van der Waals surface area contributed by atoms with Crippen molar-refractivity contribution in [2.75, 3.05) is 13.7 Å². The zero-order valence-electron chi connectivity index (χ0n) is 11.4. The summed E-state index contributed by atoms with van der Waals surface area (Å²) in [6.07, 6.45) is 0.763. The number of benzene rings is 1. The molecule has 0 N–H and O–H groups in total. The largest absolute Gasteiger partial charge is 0.496 e. The van der Waals surface area contributed by atoms with Crippen LogP contribution >= 0.6 is 11.6 Å². The number of rotatable bonds is 2. The van der Waals surface area contributed by atoms with Gasteiger partial charge >= 0.3 is 0 Å². The summed E-state index contributed by atoms with van der Waals surface area (Å²) in [5.41, 5.74) is 3.85. The van der Waals surface area contributed by atoms with Crippen LogP contribution in [0.5, 0.6) is 5.75 Å². The van der Waals surface area contributed by atoms with Gasteiger partial charge in [0.1, 0.15) is 10.9 Å². The first-order valence-corrected chi connectivity index (χ1v) is 6.85. The number of nitrogens with zero attached hydrogens (tertiary/aromatic N) is 2. The second-order valence-electron chi connectivity index (χ2n) is 4.77. The van der Waals surface area contributed by atoms with Crippen molar-refractivity contribution in [1.29, 1.82) is 0 Å².